The Hall–Kier alpha value is -2.57. The number of anilines is 1. The number of para-hydroxylation sites is 1. The van der Waals surface area contributed by atoms with Crippen LogP contribution >= 0.6 is 0 Å². The molecule has 0 saturated carbocycles. The van der Waals surface area contributed by atoms with Crippen LogP contribution in [-0.4, -0.2) is 43.1 Å². The average Bonchev–Trinajstić information content (AvgIpc) is 2.65. The molecule has 1 heterocycles. The highest BCUT2D eigenvalue weighted by atomic mass is 16.6. The number of carbonyl (C=O) groups excluding carboxylic acids is 3. The van der Waals surface area contributed by atoms with Crippen molar-refractivity contribution in [3.05, 3.63) is 29.8 Å². The van der Waals surface area contributed by atoms with E-state index in [1.807, 2.05) is 18.2 Å². The maximum absolute atomic E-state index is 12.9. The monoisotopic (exact) mass is 347 g/mol. The number of urea groups is 1. The number of carbonyl (C=O) groups is 3. The Morgan fingerprint density at radius 2 is 1.96 bits per heavy atom. The molecule has 1 aliphatic heterocycles. The van der Waals surface area contributed by atoms with E-state index in [4.69, 9.17) is 4.74 Å². The van der Waals surface area contributed by atoms with Gasteiger partial charge in [-0.05, 0) is 45.2 Å². The zero-order valence-corrected chi connectivity index (χ0v) is 15.1. The highest BCUT2D eigenvalue weighted by Gasteiger charge is 2.33. The number of fused-ring (bicyclic) bond motifs is 1. The summed E-state index contributed by atoms with van der Waals surface area (Å²) < 4.78 is 5.35. The molecule has 0 aliphatic carbocycles. The summed E-state index contributed by atoms with van der Waals surface area (Å²) >= 11 is 0. The van der Waals surface area contributed by atoms with Crippen molar-refractivity contribution in [3.63, 3.8) is 0 Å². The second kappa shape index (κ2) is 7.55. The molecule has 0 spiro atoms. The number of amides is 3. The fourth-order valence-corrected chi connectivity index (χ4v) is 2.75. The lowest BCUT2D eigenvalue weighted by Gasteiger charge is -2.27. The van der Waals surface area contributed by atoms with Gasteiger partial charge in [0.15, 0.2) is 0 Å². The molecule has 0 bridgehead atoms. The molecule has 3 amide bonds. The van der Waals surface area contributed by atoms with Gasteiger partial charge in [0.05, 0.1) is 0 Å². The van der Waals surface area contributed by atoms with Crippen molar-refractivity contribution in [1.29, 1.82) is 0 Å². The lowest BCUT2D eigenvalue weighted by molar-refractivity contribution is -0.153. The van der Waals surface area contributed by atoms with Crippen molar-refractivity contribution < 1.29 is 19.1 Å². The van der Waals surface area contributed by atoms with Gasteiger partial charge < -0.3 is 15.4 Å². The van der Waals surface area contributed by atoms with Crippen LogP contribution in [0.2, 0.25) is 0 Å². The molecule has 2 rings (SSSR count). The molecule has 7 nitrogen and oxygen atoms in total. The zero-order chi connectivity index (χ0) is 18.6. The molecule has 1 unspecified atom stereocenters. The van der Waals surface area contributed by atoms with E-state index in [-0.39, 0.29) is 12.5 Å². The van der Waals surface area contributed by atoms with Gasteiger partial charge in [-0.25, -0.2) is 4.79 Å². The second-order valence-corrected chi connectivity index (χ2v) is 6.95. The molecule has 0 saturated heterocycles. The van der Waals surface area contributed by atoms with Crippen LogP contribution in [0, 0.1) is 0 Å². The minimum absolute atomic E-state index is 0.195. The summed E-state index contributed by atoms with van der Waals surface area (Å²) in [4.78, 5) is 38.2. The van der Waals surface area contributed by atoms with Gasteiger partial charge in [-0.2, -0.15) is 0 Å². The molecule has 7 heteroatoms. The molecule has 1 aliphatic rings. The van der Waals surface area contributed by atoms with E-state index in [9.17, 15) is 14.4 Å². The number of hydrogen-bond acceptors (Lipinski definition) is 4. The summed E-state index contributed by atoms with van der Waals surface area (Å²) in [5.41, 5.74) is 1.01. The quantitative estimate of drug-likeness (QED) is 0.813. The standard InChI is InChI=1S/C18H25N3O4/c1-18(2,3)25-15(22)11-21-14-8-6-5-7-12(14)9-10-13(16(21)23)20-17(24)19-4/h5-8,13H,9-11H2,1-4H3,(H2,19,20,24). The van der Waals surface area contributed by atoms with Crippen LogP contribution in [0.4, 0.5) is 10.5 Å². The van der Waals surface area contributed by atoms with Crippen LogP contribution in [0.15, 0.2) is 24.3 Å². The Bertz CT molecular complexity index is 667. The summed E-state index contributed by atoms with van der Waals surface area (Å²) in [5.74, 6) is -0.810. The van der Waals surface area contributed by atoms with Crippen LogP contribution in [0.1, 0.15) is 32.8 Å². The minimum Gasteiger partial charge on any atom is -0.459 e. The SMILES string of the molecule is CNC(=O)NC1CCc2ccccc2N(CC(=O)OC(C)(C)C)C1=O. The van der Waals surface area contributed by atoms with E-state index in [0.717, 1.165) is 5.56 Å². The molecule has 136 valence electrons. The first-order valence-corrected chi connectivity index (χ1v) is 8.30. The van der Waals surface area contributed by atoms with Crippen molar-refractivity contribution in [2.24, 2.45) is 0 Å². The van der Waals surface area contributed by atoms with Gasteiger partial charge in [0.25, 0.3) is 0 Å². The van der Waals surface area contributed by atoms with Crippen molar-refractivity contribution in [2.45, 2.75) is 45.3 Å². The van der Waals surface area contributed by atoms with Gasteiger partial charge in [-0.15, -0.1) is 0 Å². The Labute approximate surface area is 147 Å². The third kappa shape index (κ3) is 4.95. The molecule has 25 heavy (non-hydrogen) atoms. The van der Waals surface area contributed by atoms with Crippen LogP contribution in [0.5, 0.6) is 0 Å². The van der Waals surface area contributed by atoms with Gasteiger partial charge in [0, 0.05) is 12.7 Å². The minimum atomic E-state index is -0.699. The number of ether oxygens (including phenoxy) is 1. The highest BCUT2D eigenvalue weighted by molar-refractivity contribution is 6.03. The first-order chi connectivity index (χ1) is 11.7. The molecule has 1 atom stereocenters. The summed E-state index contributed by atoms with van der Waals surface area (Å²) in [6.45, 7) is 5.14. The second-order valence-electron chi connectivity index (χ2n) is 6.95. The first-order valence-electron chi connectivity index (χ1n) is 8.30. The van der Waals surface area contributed by atoms with Gasteiger partial charge in [0.1, 0.15) is 18.2 Å². The van der Waals surface area contributed by atoms with Gasteiger partial charge >= 0.3 is 12.0 Å². The molecule has 1 aromatic carbocycles. The number of rotatable bonds is 3. The summed E-state index contributed by atoms with van der Waals surface area (Å²) in [5, 5.41) is 5.10. The lowest BCUT2D eigenvalue weighted by Crippen LogP contribution is -2.51. The fourth-order valence-electron chi connectivity index (χ4n) is 2.75. The van der Waals surface area contributed by atoms with Gasteiger partial charge in [0.2, 0.25) is 5.91 Å². The molecule has 0 radical (unpaired) electrons. The van der Waals surface area contributed by atoms with E-state index in [1.165, 1.54) is 11.9 Å². The van der Waals surface area contributed by atoms with Gasteiger partial charge in [-0.1, -0.05) is 18.2 Å². The normalized spacial score (nSPS) is 17.4. The van der Waals surface area contributed by atoms with E-state index < -0.39 is 23.6 Å². The zero-order valence-electron chi connectivity index (χ0n) is 15.1. The smallest absolute Gasteiger partial charge is 0.326 e. The van der Waals surface area contributed by atoms with Crippen LogP contribution < -0.4 is 15.5 Å². The van der Waals surface area contributed by atoms with Crippen LogP contribution in [0.3, 0.4) is 0 Å². The maximum Gasteiger partial charge on any atom is 0.326 e. The van der Waals surface area contributed by atoms with Crippen molar-refractivity contribution in [1.82, 2.24) is 10.6 Å². The fraction of sp³-hybridized carbons (Fsp3) is 0.500. The molecule has 0 fully saturated rings. The van der Waals surface area contributed by atoms with E-state index in [0.29, 0.717) is 18.5 Å². The van der Waals surface area contributed by atoms with E-state index in [2.05, 4.69) is 10.6 Å². The van der Waals surface area contributed by atoms with Crippen LogP contribution in [-0.2, 0) is 20.7 Å². The number of nitrogens with one attached hydrogen (secondary N) is 2. The topological polar surface area (TPSA) is 87.7 Å². The Morgan fingerprint density at radius 1 is 1.28 bits per heavy atom. The van der Waals surface area contributed by atoms with Crippen molar-refractivity contribution in [3.8, 4) is 0 Å². The largest absolute Gasteiger partial charge is 0.459 e. The maximum atomic E-state index is 12.9. The molecule has 1 aromatic rings. The number of esters is 1. The number of benzene rings is 1. The third-order valence-electron chi connectivity index (χ3n) is 3.79. The van der Waals surface area contributed by atoms with Crippen LogP contribution in [0.25, 0.3) is 0 Å². The number of hydrogen-bond donors (Lipinski definition) is 2. The molecule has 0 aromatic heterocycles. The third-order valence-corrected chi connectivity index (χ3v) is 3.79. The Balaban J connectivity index is 2.28. The molecular weight excluding hydrogens is 322 g/mol. The summed E-state index contributed by atoms with van der Waals surface area (Å²) in [6.07, 6.45) is 1.09. The number of aryl methyl sites for hydroxylation is 1. The van der Waals surface area contributed by atoms with Gasteiger partial charge in [-0.3, -0.25) is 14.5 Å². The molecule has 2 N–H and O–H groups in total. The van der Waals surface area contributed by atoms with Crippen molar-refractivity contribution >= 4 is 23.6 Å². The first kappa shape index (κ1) is 18.8. The summed E-state index contributed by atoms with van der Waals surface area (Å²) in [6, 6.07) is 6.31. The highest BCUT2D eigenvalue weighted by Crippen LogP contribution is 2.27. The summed E-state index contributed by atoms with van der Waals surface area (Å²) in [7, 11) is 1.49. The Kier molecular flexibility index (Phi) is 5.66. The predicted octanol–water partition coefficient (Wildman–Crippen LogP) is 1.61. The van der Waals surface area contributed by atoms with E-state index in [1.54, 1.807) is 26.8 Å². The molecular formula is C18H25N3O4. The number of nitrogens with zero attached hydrogens (tertiary/aromatic N) is 1. The average molecular weight is 347 g/mol. The van der Waals surface area contributed by atoms with Crippen molar-refractivity contribution in [2.75, 3.05) is 18.5 Å². The van der Waals surface area contributed by atoms with E-state index >= 15 is 0 Å². The Morgan fingerprint density at radius 3 is 2.60 bits per heavy atom. The predicted molar refractivity (Wildman–Crippen MR) is 94.3 cm³/mol. The lowest BCUT2D eigenvalue weighted by atomic mass is 10.1.